The second-order valence-corrected chi connectivity index (χ2v) is 16.5. The zero-order chi connectivity index (χ0) is 38.5. The van der Waals surface area contributed by atoms with Crippen LogP contribution in [-0.4, -0.2) is 93.4 Å². The SMILES string of the molecule is CC[NH+](CC)CC.CNC(=O)c1c(I)c(NCC(C)=O)c(I)c(C(=O)NCC(=O)Nc2c(I)c(C(=O)[O-])c(I)c(C(=O)NCCO)c2I)c1I. The second-order valence-electron chi connectivity index (χ2n) is 10.1. The first-order valence-electron chi connectivity index (χ1n) is 14.8. The van der Waals surface area contributed by atoms with Crippen LogP contribution in [0.4, 0.5) is 11.4 Å². The van der Waals surface area contributed by atoms with Crippen molar-refractivity contribution in [3.05, 3.63) is 43.7 Å². The fraction of sp³-hybridized carbons (Fsp3) is 0.400. The Kier molecular flexibility index (Phi) is 22.2. The molecule has 20 heteroatoms. The Hall–Kier alpha value is -0.440. The Bertz CT molecular complexity index is 1630. The predicted octanol–water partition coefficient (Wildman–Crippen LogP) is 2.06. The van der Waals surface area contributed by atoms with Gasteiger partial charge >= 0.3 is 0 Å². The van der Waals surface area contributed by atoms with Crippen molar-refractivity contribution in [3.8, 4) is 0 Å². The molecular formula is C30H36I6N6O8. The number of carboxylic acid groups (broad SMARTS) is 1. The summed E-state index contributed by atoms with van der Waals surface area (Å²) in [5, 5.41) is 34.1. The van der Waals surface area contributed by atoms with Crippen molar-refractivity contribution in [1.82, 2.24) is 16.0 Å². The average Bonchev–Trinajstić information content (AvgIpc) is 3.05. The number of amides is 4. The molecule has 14 nitrogen and oxygen atoms in total. The maximum absolute atomic E-state index is 13.4. The number of aliphatic hydroxyl groups is 1. The topological polar surface area (TPSA) is 210 Å². The van der Waals surface area contributed by atoms with E-state index < -0.39 is 36.1 Å². The Labute approximate surface area is 372 Å². The molecular weight excluding hydrogens is 1330 g/mol. The summed E-state index contributed by atoms with van der Waals surface area (Å²) in [7, 11) is 1.44. The number of aromatic carboxylic acids is 1. The van der Waals surface area contributed by atoms with Gasteiger partial charge in [-0.15, -0.1) is 0 Å². The number of Topliss-reactive ketones (excluding diaryl/α,β-unsaturated/α-hetero) is 1. The van der Waals surface area contributed by atoms with Gasteiger partial charge in [0.05, 0.1) is 84.1 Å². The van der Waals surface area contributed by atoms with Gasteiger partial charge in [-0.25, -0.2) is 0 Å². The molecule has 0 fully saturated rings. The Morgan fingerprint density at radius 3 is 1.52 bits per heavy atom. The van der Waals surface area contributed by atoms with Crippen molar-refractivity contribution in [1.29, 1.82) is 0 Å². The summed E-state index contributed by atoms with van der Waals surface area (Å²) in [5.41, 5.74) is 0.448. The lowest BCUT2D eigenvalue weighted by molar-refractivity contribution is -0.894. The van der Waals surface area contributed by atoms with Crippen LogP contribution in [-0.2, 0) is 9.59 Å². The Morgan fingerprint density at radius 1 is 0.660 bits per heavy atom. The van der Waals surface area contributed by atoms with Crippen LogP contribution in [0.5, 0.6) is 0 Å². The van der Waals surface area contributed by atoms with E-state index in [1.54, 1.807) is 72.7 Å². The number of anilines is 2. The zero-order valence-electron chi connectivity index (χ0n) is 27.5. The fourth-order valence-corrected chi connectivity index (χ4v) is 13.0. The molecule has 0 unspecified atom stereocenters. The van der Waals surface area contributed by atoms with Crippen molar-refractivity contribution in [2.75, 3.05) is 63.6 Å². The first-order chi connectivity index (χ1) is 23.4. The van der Waals surface area contributed by atoms with Gasteiger partial charge in [-0.05, 0) is 163 Å². The minimum absolute atomic E-state index is 0.0241. The van der Waals surface area contributed by atoms with Gasteiger partial charge in [-0.3, -0.25) is 24.0 Å². The van der Waals surface area contributed by atoms with Crippen LogP contribution in [0.2, 0.25) is 0 Å². The van der Waals surface area contributed by atoms with Crippen molar-refractivity contribution < 1.29 is 43.9 Å². The average molecular weight is 1370 g/mol. The largest absolute Gasteiger partial charge is 0.545 e. The van der Waals surface area contributed by atoms with Gasteiger partial charge in [0.2, 0.25) is 5.91 Å². The highest BCUT2D eigenvalue weighted by atomic mass is 127. The molecule has 0 aliphatic rings. The molecule has 276 valence electrons. The van der Waals surface area contributed by atoms with Crippen LogP contribution >= 0.6 is 136 Å². The van der Waals surface area contributed by atoms with Gasteiger partial charge in [0.1, 0.15) is 5.78 Å². The molecule has 0 heterocycles. The van der Waals surface area contributed by atoms with Crippen LogP contribution < -0.4 is 36.6 Å². The lowest BCUT2D eigenvalue weighted by Gasteiger charge is -2.21. The maximum atomic E-state index is 13.4. The van der Waals surface area contributed by atoms with E-state index in [1.807, 2.05) is 67.8 Å². The second kappa shape index (κ2) is 23.4. The van der Waals surface area contributed by atoms with Gasteiger partial charge < -0.3 is 46.5 Å². The summed E-state index contributed by atoms with van der Waals surface area (Å²) in [6.45, 7) is 10.9. The smallest absolute Gasteiger partial charge is 0.253 e. The first kappa shape index (κ1) is 47.6. The molecule has 2 aromatic rings. The summed E-state index contributed by atoms with van der Waals surface area (Å²) in [6, 6.07) is 0. The minimum Gasteiger partial charge on any atom is -0.545 e. The number of halogens is 6. The maximum Gasteiger partial charge on any atom is 0.253 e. The van der Waals surface area contributed by atoms with E-state index in [4.69, 9.17) is 5.11 Å². The van der Waals surface area contributed by atoms with Crippen molar-refractivity contribution in [3.63, 3.8) is 0 Å². The van der Waals surface area contributed by atoms with E-state index in [0.29, 0.717) is 16.4 Å². The normalized spacial score (nSPS) is 10.5. The van der Waals surface area contributed by atoms with Crippen molar-refractivity contribution in [2.45, 2.75) is 27.7 Å². The molecule has 0 spiro atoms. The van der Waals surface area contributed by atoms with Crippen molar-refractivity contribution in [2.24, 2.45) is 0 Å². The third kappa shape index (κ3) is 12.9. The molecule has 2 rings (SSSR count). The number of nitrogens with one attached hydrogen (secondary N) is 6. The molecule has 0 aliphatic carbocycles. The Morgan fingerprint density at radius 2 is 1.10 bits per heavy atom. The molecule has 0 saturated heterocycles. The molecule has 0 saturated carbocycles. The summed E-state index contributed by atoms with van der Waals surface area (Å²) < 4.78 is 1.71. The highest BCUT2D eigenvalue weighted by molar-refractivity contribution is 14.1. The van der Waals surface area contributed by atoms with E-state index in [0.717, 1.165) is 0 Å². The number of hydrogen-bond donors (Lipinski definition) is 7. The van der Waals surface area contributed by atoms with E-state index in [1.165, 1.54) is 33.6 Å². The van der Waals surface area contributed by atoms with E-state index in [-0.39, 0.29) is 64.1 Å². The molecule has 0 atom stereocenters. The van der Waals surface area contributed by atoms with Gasteiger partial charge in [-0.1, -0.05) is 0 Å². The molecule has 7 N–H and O–H groups in total. The quantitative estimate of drug-likeness (QED) is 0.130. The standard InChI is InChI=1S/C24H21I6N5O8.C6H15N/c1-7(37)5-33-19-15(27)9(21(39)31-2)13(25)10(16(19)28)23(41)34-6-8(38)35-20-17(29)11(22(40)32-3-4-36)14(26)12(18(20)30)24(42)43;1-4-7(5-2)6-3/h33,36H,3-6H2,1-2H3,(H,31,39)(H,32,40)(H,34,41)(H,35,38)(H,42,43);4-6H2,1-3H3. The molecule has 0 bridgehead atoms. The number of benzene rings is 2. The predicted molar refractivity (Wildman–Crippen MR) is 239 cm³/mol. The summed E-state index contributed by atoms with van der Waals surface area (Å²) >= 11 is 11.0. The number of quaternary nitrogens is 1. The van der Waals surface area contributed by atoms with Gasteiger partial charge in [0.15, 0.2) is 0 Å². The molecule has 4 amide bonds. The van der Waals surface area contributed by atoms with Crippen LogP contribution in [0.25, 0.3) is 0 Å². The van der Waals surface area contributed by atoms with Gasteiger partial charge in [0, 0.05) is 29.9 Å². The fourth-order valence-electron chi connectivity index (χ4n) is 4.15. The zero-order valence-corrected chi connectivity index (χ0v) is 40.5. The monoisotopic (exact) mass is 1370 g/mol. The Balaban J connectivity index is 0.00000161. The molecule has 50 heavy (non-hydrogen) atoms. The van der Waals surface area contributed by atoms with Gasteiger partial charge in [-0.2, -0.15) is 0 Å². The summed E-state index contributed by atoms with van der Waals surface area (Å²) in [4.78, 5) is 77.1. The van der Waals surface area contributed by atoms with Crippen LogP contribution in [0.1, 0.15) is 69.1 Å². The van der Waals surface area contributed by atoms with Crippen LogP contribution in [0, 0.1) is 21.4 Å². The molecule has 0 radical (unpaired) electrons. The van der Waals surface area contributed by atoms with E-state index in [9.17, 15) is 33.9 Å². The lowest BCUT2D eigenvalue weighted by Crippen LogP contribution is -3.11. The summed E-state index contributed by atoms with van der Waals surface area (Å²) in [6.07, 6.45) is 0. The highest BCUT2D eigenvalue weighted by Gasteiger charge is 2.29. The lowest BCUT2D eigenvalue weighted by atomic mass is 10.1. The van der Waals surface area contributed by atoms with Crippen LogP contribution in [0.15, 0.2) is 0 Å². The number of rotatable bonds is 15. The number of hydrogen-bond acceptors (Lipinski definition) is 9. The third-order valence-electron chi connectivity index (χ3n) is 6.83. The summed E-state index contributed by atoms with van der Waals surface area (Å²) in [5.74, 6) is -4.24. The number of carbonyl (C=O) groups excluding carboxylic acids is 6. The number of carboxylic acids is 1. The van der Waals surface area contributed by atoms with Crippen molar-refractivity contribution >= 4 is 182 Å². The molecule has 2 aromatic carbocycles. The highest BCUT2D eigenvalue weighted by Crippen LogP contribution is 2.37. The number of carbonyl (C=O) groups is 6. The third-order valence-corrected chi connectivity index (χ3v) is 13.3. The van der Waals surface area contributed by atoms with Gasteiger partial charge in [0.25, 0.3) is 17.7 Å². The first-order valence-corrected chi connectivity index (χ1v) is 21.3. The molecule has 0 aromatic heterocycles. The van der Waals surface area contributed by atoms with E-state index >= 15 is 0 Å². The van der Waals surface area contributed by atoms with Crippen LogP contribution in [0.3, 0.4) is 0 Å². The molecule has 0 aliphatic heterocycles. The number of ketones is 1. The number of aliphatic hydroxyl groups excluding tert-OH is 1. The minimum atomic E-state index is -1.56. The van der Waals surface area contributed by atoms with E-state index in [2.05, 4.69) is 47.4 Å².